The second kappa shape index (κ2) is 7.31. The van der Waals surface area contributed by atoms with Crippen molar-refractivity contribution in [2.75, 3.05) is 19.7 Å². The fourth-order valence-corrected chi connectivity index (χ4v) is 2.69. The molecule has 2 N–H and O–H groups in total. The molecule has 5 heteroatoms. The third kappa shape index (κ3) is 4.36. The Bertz CT molecular complexity index is 470. The van der Waals surface area contributed by atoms with Crippen LogP contribution in [-0.2, 0) is 4.74 Å². The summed E-state index contributed by atoms with van der Waals surface area (Å²) in [6, 6.07) is 7.88. The standard InChI is InChI=1S/C16H24N2O3/c1-3-21-16(20)18-9-7-14(8-10-18)17-12(2)13-5-4-6-15(19)11-13/h4-6,11-12,14,17,19H,3,7-10H2,1-2H3. The number of carbonyl (C=O) groups excluding carboxylic acids is 1. The summed E-state index contributed by atoms with van der Waals surface area (Å²) in [5.41, 5.74) is 1.07. The molecule has 1 aliphatic rings. The topological polar surface area (TPSA) is 61.8 Å². The van der Waals surface area contributed by atoms with Gasteiger partial charge < -0.3 is 20.1 Å². The minimum absolute atomic E-state index is 0.177. The van der Waals surface area contributed by atoms with E-state index in [1.54, 1.807) is 17.0 Å². The molecule has 0 radical (unpaired) electrons. The van der Waals surface area contributed by atoms with E-state index >= 15 is 0 Å². The van der Waals surface area contributed by atoms with E-state index in [4.69, 9.17) is 4.74 Å². The molecule has 1 amide bonds. The molecule has 1 aliphatic heterocycles. The summed E-state index contributed by atoms with van der Waals surface area (Å²) in [6.45, 7) is 5.79. The number of aromatic hydroxyl groups is 1. The van der Waals surface area contributed by atoms with Gasteiger partial charge in [0.25, 0.3) is 0 Å². The van der Waals surface area contributed by atoms with Gasteiger partial charge >= 0.3 is 6.09 Å². The number of piperidine rings is 1. The van der Waals surface area contributed by atoms with E-state index in [2.05, 4.69) is 12.2 Å². The van der Waals surface area contributed by atoms with Crippen LogP contribution < -0.4 is 5.32 Å². The molecule has 1 unspecified atom stereocenters. The van der Waals surface area contributed by atoms with Crippen LogP contribution in [0, 0.1) is 0 Å². The van der Waals surface area contributed by atoms with Crippen LogP contribution in [-0.4, -0.2) is 41.8 Å². The summed E-state index contributed by atoms with van der Waals surface area (Å²) in [5.74, 6) is 0.290. The fraction of sp³-hybridized carbons (Fsp3) is 0.562. The Hall–Kier alpha value is -1.75. The number of benzene rings is 1. The van der Waals surface area contributed by atoms with Gasteiger partial charge in [-0.1, -0.05) is 12.1 Å². The minimum Gasteiger partial charge on any atom is -0.508 e. The van der Waals surface area contributed by atoms with Gasteiger partial charge in [-0.25, -0.2) is 4.79 Å². The molecule has 0 aromatic heterocycles. The minimum atomic E-state index is -0.211. The van der Waals surface area contributed by atoms with Gasteiger partial charge in [-0.2, -0.15) is 0 Å². The Morgan fingerprint density at radius 2 is 2.19 bits per heavy atom. The van der Waals surface area contributed by atoms with Crippen LogP contribution in [0.15, 0.2) is 24.3 Å². The van der Waals surface area contributed by atoms with Crippen LogP contribution in [0.3, 0.4) is 0 Å². The first kappa shape index (κ1) is 15.6. The van der Waals surface area contributed by atoms with E-state index in [0.717, 1.165) is 31.5 Å². The van der Waals surface area contributed by atoms with Crippen molar-refractivity contribution in [3.05, 3.63) is 29.8 Å². The number of rotatable bonds is 4. The lowest BCUT2D eigenvalue weighted by Crippen LogP contribution is -2.45. The molecule has 0 spiro atoms. The van der Waals surface area contributed by atoms with E-state index in [0.29, 0.717) is 18.4 Å². The van der Waals surface area contributed by atoms with E-state index in [9.17, 15) is 9.90 Å². The lowest BCUT2D eigenvalue weighted by Gasteiger charge is -2.33. The number of amides is 1. The molecule has 0 aliphatic carbocycles. The molecule has 1 aromatic rings. The van der Waals surface area contributed by atoms with Crippen molar-refractivity contribution in [3.8, 4) is 5.75 Å². The SMILES string of the molecule is CCOC(=O)N1CCC(NC(C)c2cccc(O)c2)CC1. The molecule has 1 heterocycles. The molecule has 0 bridgehead atoms. The fourth-order valence-electron chi connectivity index (χ4n) is 2.69. The highest BCUT2D eigenvalue weighted by atomic mass is 16.6. The summed E-state index contributed by atoms with van der Waals surface area (Å²) in [4.78, 5) is 13.4. The molecule has 1 saturated heterocycles. The van der Waals surface area contributed by atoms with Gasteiger partial charge in [-0.15, -0.1) is 0 Å². The van der Waals surface area contributed by atoms with Crippen LogP contribution >= 0.6 is 0 Å². The zero-order chi connectivity index (χ0) is 15.2. The predicted octanol–water partition coefficient (Wildman–Crippen LogP) is 2.66. The van der Waals surface area contributed by atoms with Gasteiger partial charge in [0, 0.05) is 25.2 Å². The van der Waals surface area contributed by atoms with Gasteiger partial charge in [0.2, 0.25) is 0 Å². The van der Waals surface area contributed by atoms with Gasteiger partial charge in [0.1, 0.15) is 5.75 Å². The Morgan fingerprint density at radius 3 is 2.81 bits per heavy atom. The number of likely N-dealkylation sites (tertiary alicyclic amines) is 1. The highest BCUT2D eigenvalue weighted by Crippen LogP contribution is 2.20. The number of phenolic OH excluding ortho intramolecular Hbond substituents is 1. The normalized spacial score (nSPS) is 17.5. The molecular formula is C16H24N2O3. The van der Waals surface area contributed by atoms with E-state index in [-0.39, 0.29) is 12.1 Å². The number of hydrogen-bond acceptors (Lipinski definition) is 4. The number of nitrogens with zero attached hydrogens (tertiary/aromatic N) is 1. The highest BCUT2D eigenvalue weighted by molar-refractivity contribution is 5.67. The number of phenols is 1. The maximum atomic E-state index is 11.6. The summed E-state index contributed by atoms with van der Waals surface area (Å²) < 4.78 is 5.02. The van der Waals surface area contributed by atoms with Gasteiger partial charge in [0.05, 0.1) is 6.61 Å². The van der Waals surface area contributed by atoms with Crippen LogP contribution in [0.2, 0.25) is 0 Å². The first-order chi connectivity index (χ1) is 10.1. The first-order valence-electron chi connectivity index (χ1n) is 7.56. The highest BCUT2D eigenvalue weighted by Gasteiger charge is 2.24. The Balaban J connectivity index is 1.82. The number of nitrogens with one attached hydrogen (secondary N) is 1. The van der Waals surface area contributed by atoms with Crippen molar-refractivity contribution < 1.29 is 14.6 Å². The monoisotopic (exact) mass is 292 g/mol. The molecular weight excluding hydrogens is 268 g/mol. The van der Waals surface area contributed by atoms with Crippen molar-refractivity contribution in [2.45, 2.75) is 38.8 Å². The Labute approximate surface area is 125 Å². The van der Waals surface area contributed by atoms with Gasteiger partial charge in [-0.3, -0.25) is 0 Å². The number of ether oxygens (including phenoxy) is 1. The van der Waals surface area contributed by atoms with Gasteiger partial charge in [-0.05, 0) is 44.4 Å². The molecule has 1 aromatic carbocycles. The second-order valence-electron chi connectivity index (χ2n) is 5.44. The summed E-state index contributed by atoms with van der Waals surface area (Å²) >= 11 is 0. The lowest BCUT2D eigenvalue weighted by molar-refractivity contribution is 0.0943. The van der Waals surface area contributed by atoms with E-state index < -0.39 is 0 Å². The summed E-state index contributed by atoms with van der Waals surface area (Å²) in [7, 11) is 0. The van der Waals surface area contributed by atoms with Crippen LogP contribution in [0.5, 0.6) is 5.75 Å². The molecule has 2 rings (SSSR count). The van der Waals surface area contributed by atoms with E-state index in [1.807, 2.05) is 19.1 Å². The van der Waals surface area contributed by atoms with Crippen molar-refractivity contribution in [1.82, 2.24) is 10.2 Å². The third-order valence-electron chi connectivity index (χ3n) is 3.88. The molecule has 1 fully saturated rings. The maximum Gasteiger partial charge on any atom is 0.409 e. The van der Waals surface area contributed by atoms with Crippen LogP contribution in [0.25, 0.3) is 0 Å². The average Bonchev–Trinajstić information content (AvgIpc) is 2.48. The molecule has 116 valence electrons. The maximum absolute atomic E-state index is 11.6. The number of carbonyl (C=O) groups is 1. The molecule has 5 nitrogen and oxygen atoms in total. The molecule has 1 atom stereocenters. The van der Waals surface area contributed by atoms with E-state index in [1.165, 1.54) is 0 Å². The lowest BCUT2D eigenvalue weighted by atomic mass is 10.0. The third-order valence-corrected chi connectivity index (χ3v) is 3.88. The van der Waals surface area contributed by atoms with Crippen molar-refractivity contribution in [3.63, 3.8) is 0 Å². The summed E-state index contributed by atoms with van der Waals surface area (Å²) in [5, 5.41) is 13.1. The van der Waals surface area contributed by atoms with Crippen LogP contribution in [0.1, 0.15) is 38.3 Å². The first-order valence-corrected chi connectivity index (χ1v) is 7.56. The predicted molar refractivity (Wildman–Crippen MR) is 81.3 cm³/mol. The van der Waals surface area contributed by atoms with Crippen LogP contribution in [0.4, 0.5) is 4.79 Å². The Morgan fingerprint density at radius 1 is 1.48 bits per heavy atom. The Kier molecular flexibility index (Phi) is 5.44. The largest absolute Gasteiger partial charge is 0.508 e. The average molecular weight is 292 g/mol. The van der Waals surface area contributed by atoms with Crippen molar-refractivity contribution in [2.24, 2.45) is 0 Å². The second-order valence-corrected chi connectivity index (χ2v) is 5.44. The summed E-state index contributed by atoms with van der Waals surface area (Å²) in [6.07, 6.45) is 1.63. The zero-order valence-corrected chi connectivity index (χ0v) is 12.7. The smallest absolute Gasteiger partial charge is 0.409 e. The van der Waals surface area contributed by atoms with Crippen molar-refractivity contribution >= 4 is 6.09 Å². The van der Waals surface area contributed by atoms with Crippen molar-refractivity contribution in [1.29, 1.82) is 0 Å². The zero-order valence-electron chi connectivity index (χ0n) is 12.7. The molecule has 21 heavy (non-hydrogen) atoms. The quantitative estimate of drug-likeness (QED) is 0.895. The molecule has 0 saturated carbocycles. The van der Waals surface area contributed by atoms with Gasteiger partial charge in [0.15, 0.2) is 0 Å². The number of hydrogen-bond donors (Lipinski definition) is 2.